The Labute approximate surface area is 86.0 Å². The summed E-state index contributed by atoms with van der Waals surface area (Å²) in [6, 6.07) is 5.46. The normalized spacial score (nSPS) is 9.53. The summed E-state index contributed by atoms with van der Waals surface area (Å²) in [5, 5.41) is 8.50. The zero-order chi connectivity index (χ0) is 10.5. The Morgan fingerprint density at radius 2 is 2.33 bits per heavy atom. The highest BCUT2D eigenvalue weighted by molar-refractivity contribution is 5.18. The fourth-order valence-corrected chi connectivity index (χ4v) is 0.988. The molecule has 0 atom stereocenters. The van der Waals surface area contributed by atoms with Crippen molar-refractivity contribution in [2.24, 2.45) is 0 Å². The second-order valence-corrected chi connectivity index (χ2v) is 2.72. The fraction of sp³-hybridized carbons (Fsp3) is 0.100. The standard InChI is InChI=1S/C10H7N3O2/c11-4-8-5-13-10(6-12-8)15-7-9-2-1-3-14-9/h1-3,5-6H,7H2. The van der Waals surface area contributed by atoms with Crippen molar-refractivity contribution >= 4 is 0 Å². The second kappa shape index (κ2) is 4.24. The maximum atomic E-state index is 8.50. The van der Waals surface area contributed by atoms with Gasteiger partial charge >= 0.3 is 0 Å². The van der Waals surface area contributed by atoms with Gasteiger partial charge in [0.25, 0.3) is 0 Å². The SMILES string of the molecule is N#Cc1cnc(OCc2ccco2)cn1. The van der Waals surface area contributed by atoms with Gasteiger partial charge in [-0.05, 0) is 12.1 Å². The van der Waals surface area contributed by atoms with Gasteiger partial charge in [0.05, 0.1) is 18.7 Å². The molecule has 5 nitrogen and oxygen atoms in total. The molecule has 0 spiro atoms. The molecule has 2 heterocycles. The Morgan fingerprint density at radius 1 is 1.40 bits per heavy atom. The summed E-state index contributed by atoms with van der Waals surface area (Å²) in [4.78, 5) is 7.72. The average molecular weight is 201 g/mol. The summed E-state index contributed by atoms with van der Waals surface area (Å²) in [6.07, 6.45) is 4.34. The van der Waals surface area contributed by atoms with Gasteiger partial charge in [-0.15, -0.1) is 0 Å². The molecule has 0 amide bonds. The Bertz CT molecular complexity index is 456. The molecule has 0 fully saturated rings. The number of hydrogen-bond donors (Lipinski definition) is 0. The molecule has 2 aromatic rings. The molecule has 0 aliphatic carbocycles. The minimum atomic E-state index is 0.264. The van der Waals surface area contributed by atoms with E-state index in [-0.39, 0.29) is 5.69 Å². The summed E-state index contributed by atoms with van der Waals surface area (Å²) < 4.78 is 10.3. The highest BCUT2D eigenvalue weighted by Gasteiger charge is 1.99. The van der Waals surface area contributed by atoms with E-state index in [9.17, 15) is 0 Å². The molecule has 0 unspecified atom stereocenters. The number of ether oxygens (including phenoxy) is 1. The van der Waals surface area contributed by atoms with E-state index >= 15 is 0 Å². The maximum absolute atomic E-state index is 8.50. The first-order chi connectivity index (χ1) is 7.38. The fourth-order valence-electron chi connectivity index (χ4n) is 0.988. The lowest BCUT2D eigenvalue weighted by Crippen LogP contribution is -1.97. The Hall–Kier alpha value is -2.35. The number of rotatable bonds is 3. The summed E-state index contributed by atoms with van der Waals surface area (Å²) >= 11 is 0. The maximum Gasteiger partial charge on any atom is 0.232 e. The lowest BCUT2D eigenvalue weighted by Gasteiger charge is -2.01. The molecule has 0 aliphatic heterocycles. The van der Waals surface area contributed by atoms with Crippen molar-refractivity contribution in [3.05, 3.63) is 42.2 Å². The van der Waals surface area contributed by atoms with Crippen molar-refractivity contribution in [2.45, 2.75) is 6.61 Å². The van der Waals surface area contributed by atoms with Crippen LogP contribution in [0.2, 0.25) is 0 Å². The Morgan fingerprint density at radius 3 is 2.93 bits per heavy atom. The van der Waals surface area contributed by atoms with Crippen LogP contribution in [0.3, 0.4) is 0 Å². The summed E-state index contributed by atoms with van der Waals surface area (Å²) in [6.45, 7) is 0.299. The largest absolute Gasteiger partial charge is 0.468 e. The zero-order valence-electron chi connectivity index (χ0n) is 7.75. The minimum Gasteiger partial charge on any atom is -0.468 e. The van der Waals surface area contributed by atoms with E-state index in [1.165, 1.54) is 12.4 Å². The summed E-state index contributed by atoms with van der Waals surface area (Å²) in [5.41, 5.74) is 0.264. The van der Waals surface area contributed by atoms with Gasteiger partial charge in [-0.1, -0.05) is 0 Å². The predicted molar refractivity (Wildman–Crippen MR) is 49.8 cm³/mol. The number of aromatic nitrogens is 2. The van der Waals surface area contributed by atoms with E-state index in [2.05, 4.69) is 9.97 Å². The van der Waals surface area contributed by atoms with Gasteiger partial charge in [-0.25, -0.2) is 9.97 Å². The lowest BCUT2D eigenvalue weighted by molar-refractivity contribution is 0.259. The number of nitriles is 1. The summed E-state index contributed by atoms with van der Waals surface area (Å²) in [5.74, 6) is 1.08. The smallest absolute Gasteiger partial charge is 0.232 e. The molecule has 15 heavy (non-hydrogen) atoms. The number of hydrogen-bond acceptors (Lipinski definition) is 5. The van der Waals surface area contributed by atoms with Gasteiger partial charge in [0.15, 0.2) is 5.69 Å². The summed E-state index contributed by atoms with van der Waals surface area (Å²) in [7, 11) is 0. The molecular weight excluding hydrogens is 194 g/mol. The highest BCUT2D eigenvalue weighted by Crippen LogP contribution is 2.08. The molecule has 74 valence electrons. The third-order valence-corrected chi connectivity index (χ3v) is 1.69. The molecule has 0 radical (unpaired) electrons. The van der Waals surface area contributed by atoms with Gasteiger partial charge in [0, 0.05) is 0 Å². The van der Waals surface area contributed by atoms with Crippen LogP contribution in [-0.4, -0.2) is 9.97 Å². The third kappa shape index (κ3) is 2.31. The van der Waals surface area contributed by atoms with E-state index in [0.29, 0.717) is 18.2 Å². The first-order valence-corrected chi connectivity index (χ1v) is 4.26. The van der Waals surface area contributed by atoms with E-state index < -0.39 is 0 Å². The van der Waals surface area contributed by atoms with Gasteiger partial charge in [-0.3, -0.25) is 0 Å². The molecule has 0 aliphatic rings. The molecule has 2 aromatic heterocycles. The number of nitrogens with zero attached hydrogens (tertiary/aromatic N) is 3. The van der Waals surface area contributed by atoms with Gasteiger partial charge < -0.3 is 9.15 Å². The van der Waals surface area contributed by atoms with Crippen LogP contribution in [0.5, 0.6) is 5.88 Å². The third-order valence-electron chi connectivity index (χ3n) is 1.69. The lowest BCUT2D eigenvalue weighted by atomic mass is 10.5. The van der Waals surface area contributed by atoms with Crippen LogP contribution in [0.1, 0.15) is 11.5 Å². The van der Waals surface area contributed by atoms with Gasteiger partial charge in [0.1, 0.15) is 18.4 Å². The topological polar surface area (TPSA) is 71.9 Å². The average Bonchev–Trinajstić information content (AvgIpc) is 2.80. The van der Waals surface area contributed by atoms with Crippen LogP contribution >= 0.6 is 0 Å². The van der Waals surface area contributed by atoms with Gasteiger partial charge in [0.2, 0.25) is 5.88 Å². The van der Waals surface area contributed by atoms with Crippen molar-refractivity contribution < 1.29 is 9.15 Å². The number of furan rings is 1. The predicted octanol–water partition coefficient (Wildman–Crippen LogP) is 1.52. The molecule has 0 saturated heterocycles. The first-order valence-electron chi connectivity index (χ1n) is 4.26. The second-order valence-electron chi connectivity index (χ2n) is 2.72. The zero-order valence-corrected chi connectivity index (χ0v) is 7.75. The van der Waals surface area contributed by atoms with E-state index in [1.807, 2.05) is 6.07 Å². The van der Waals surface area contributed by atoms with Crippen molar-refractivity contribution in [1.29, 1.82) is 5.26 Å². The van der Waals surface area contributed by atoms with Crippen molar-refractivity contribution in [2.75, 3.05) is 0 Å². The minimum absolute atomic E-state index is 0.264. The Balaban J connectivity index is 1.97. The van der Waals surface area contributed by atoms with Crippen LogP contribution in [0.25, 0.3) is 0 Å². The van der Waals surface area contributed by atoms with Crippen molar-refractivity contribution in [3.63, 3.8) is 0 Å². The van der Waals surface area contributed by atoms with Crippen LogP contribution in [0.15, 0.2) is 35.2 Å². The quantitative estimate of drug-likeness (QED) is 0.752. The van der Waals surface area contributed by atoms with Crippen LogP contribution < -0.4 is 4.74 Å². The van der Waals surface area contributed by atoms with Crippen LogP contribution in [0.4, 0.5) is 0 Å². The van der Waals surface area contributed by atoms with E-state index in [0.717, 1.165) is 0 Å². The molecule has 0 N–H and O–H groups in total. The van der Waals surface area contributed by atoms with Gasteiger partial charge in [-0.2, -0.15) is 5.26 Å². The van der Waals surface area contributed by atoms with Crippen LogP contribution in [-0.2, 0) is 6.61 Å². The Kier molecular flexibility index (Phi) is 2.61. The highest BCUT2D eigenvalue weighted by atomic mass is 16.5. The molecular formula is C10H7N3O2. The van der Waals surface area contributed by atoms with Crippen molar-refractivity contribution in [3.8, 4) is 11.9 Å². The molecule has 2 rings (SSSR count). The molecule has 0 aromatic carbocycles. The molecule has 5 heteroatoms. The van der Waals surface area contributed by atoms with E-state index in [1.54, 1.807) is 18.4 Å². The van der Waals surface area contributed by atoms with Crippen LogP contribution in [0, 0.1) is 11.3 Å². The first kappa shape index (κ1) is 9.21. The molecule has 0 saturated carbocycles. The monoisotopic (exact) mass is 201 g/mol. The van der Waals surface area contributed by atoms with Crippen molar-refractivity contribution in [1.82, 2.24) is 9.97 Å². The molecule has 0 bridgehead atoms. The van der Waals surface area contributed by atoms with E-state index in [4.69, 9.17) is 14.4 Å².